The number of carbonyl (C=O) groups is 1. The van der Waals surface area contributed by atoms with Crippen molar-refractivity contribution < 1.29 is 14.6 Å². The van der Waals surface area contributed by atoms with Crippen LogP contribution in [-0.4, -0.2) is 49.3 Å². The first-order chi connectivity index (χ1) is 18.7. The lowest BCUT2D eigenvalue weighted by atomic mass is 9.98. The van der Waals surface area contributed by atoms with Gasteiger partial charge in [0.2, 0.25) is 0 Å². The van der Waals surface area contributed by atoms with Crippen molar-refractivity contribution in [2.75, 3.05) is 23.3 Å². The molecular formula is C29H38N6O4. The average Bonchev–Trinajstić information content (AvgIpc) is 3.66. The van der Waals surface area contributed by atoms with Crippen LogP contribution in [0.2, 0.25) is 0 Å². The summed E-state index contributed by atoms with van der Waals surface area (Å²) in [4.78, 5) is 29.0. The van der Waals surface area contributed by atoms with Crippen LogP contribution in [0.25, 0.3) is 0 Å². The van der Waals surface area contributed by atoms with E-state index in [1.807, 2.05) is 24.3 Å². The second-order valence-electron chi connectivity index (χ2n) is 11.3. The predicted octanol–water partition coefficient (Wildman–Crippen LogP) is 4.36. The summed E-state index contributed by atoms with van der Waals surface area (Å²) in [5, 5.41) is 21.7. The second-order valence-corrected chi connectivity index (χ2v) is 11.3. The van der Waals surface area contributed by atoms with Crippen molar-refractivity contribution in [2.24, 2.45) is 5.92 Å². The Balaban J connectivity index is 1.35. The zero-order valence-corrected chi connectivity index (χ0v) is 22.8. The minimum absolute atomic E-state index is 0.289. The fourth-order valence-corrected chi connectivity index (χ4v) is 5.58. The molecule has 2 N–H and O–H groups in total. The van der Waals surface area contributed by atoms with E-state index in [0.717, 1.165) is 57.3 Å². The highest BCUT2D eigenvalue weighted by Gasteiger charge is 2.29. The number of para-hydroxylation sites is 2. The molecule has 1 amide bonds. The Bertz CT molecular complexity index is 1330. The first-order valence-corrected chi connectivity index (χ1v) is 13.9. The summed E-state index contributed by atoms with van der Waals surface area (Å²) in [6.07, 6.45) is 10.4. The Morgan fingerprint density at radius 2 is 1.90 bits per heavy atom. The maximum atomic E-state index is 13.5. The summed E-state index contributed by atoms with van der Waals surface area (Å²) in [6, 6.07) is 10.1. The van der Waals surface area contributed by atoms with E-state index in [-0.39, 0.29) is 12.5 Å². The quantitative estimate of drug-likeness (QED) is 0.397. The number of carbonyl (C=O) groups excluding carboxylic acids is 1. The van der Waals surface area contributed by atoms with Crippen molar-refractivity contribution >= 4 is 17.4 Å². The lowest BCUT2D eigenvalue weighted by Crippen LogP contribution is -2.36. The molecule has 10 heteroatoms. The molecular weight excluding hydrogens is 496 g/mol. The number of nitrogens with one attached hydrogen (secondary N) is 1. The van der Waals surface area contributed by atoms with Crippen LogP contribution in [0.3, 0.4) is 0 Å². The zero-order valence-electron chi connectivity index (χ0n) is 22.8. The van der Waals surface area contributed by atoms with Crippen molar-refractivity contribution in [3.63, 3.8) is 0 Å². The standard InChI is InChI=1S/C29H38N6O4/c1-29(2,38)20-34-16-13-26(32-34)31-28(37)24(17-21-9-3-4-10-21)35-27(36)18-22(19-30-35)39-25-12-6-5-11-23(25)33-14-7-8-15-33/h5-6,11-13,16,18-19,21,24,38H,3-4,7-10,14-15,17,20H2,1-2H3,(H,31,32,37). The highest BCUT2D eigenvalue weighted by atomic mass is 16.5. The fraction of sp³-hybridized carbons (Fsp3) is 0.517. The molecule has 1 saturated heterocycles. The molecule has 1 saturated carbocycles. The van der Waals surface area contributed by atoms with Gasteiger partial charge in [0.05, 0.1) is 24.0 Å². The number of benzene rings is 1. The molecule has 1 unspecified atom stereocenters. The predicted molar refractivity (Wildman–Crippen MR) is 149 cm³/mol. The van der Waals surface area contributed by atoms with Gasteiger partial charge < -0.3 is 20.1 Å². The van der Waals surface area contributed by atoms with E-state index in [1.165, 1.54) is 16.9 Å². The third kappa shape index (κ3) is 6.86. The molecule has 5 rings (SSSR count). The maximum absolute atomic E-state index is 13.5. The van der Waals surface area contributed by atoms with E-state index in [1.54, 1.807) is 30.8 Å². The zero-order chi connectivity index (χ0) is 27.4. The van der Waals surface area contributed by atoms with Crippen LogP contribution in [0.4, 0.5) is 11.5 Å². The minimum atomic E-state index is -0.936. The Kier molecular flexibility index (Phi) is 8.02. The van der Waals surface area contributed by atoms with E-state index in [0.29, 0.717) is 29.7 Å². The summed E-state index contributed by atoms with van der Waals surface area (Å²) >= 11 is 0. The molecule has 2 aliphatic rings. The normalized spacial score (nSPS) is 16.9. The van der Waals surface area contributed by atoms with Crippen LogP contribution in [0.5, 0.6) is 11.5 Å². The molecule has 3 heterocycles. The number of anilines is 2. The molecule has 0 radical (unpaired) electrons. The number of rotatable bonds is 10. The van der Waals surface area contributed by atoms with Gasteiger partial charge in [-0.1, -0.05) is 37.8 Å². The first-order valence-electron chi connectivity index (χ1n) is 13.9. The van der Waals surface area contributed by atoms with Crippen LogP contribution in [0, 0.1) is 5.92 Å². The van der Waals surface area contributed by atoms with Crippen LogP contribution in [0.15, 0.2) is 53.6 Å². The Labute approximate surface area is 228 Å². The van der Waals surface area contributed by atoms with Crippen molar-refractivity contribution in [3.8, 4) is 11.5 Å². The number of hydrogen-bond acceptors (Lipinski definition) is 7. The van der Waals surface area contributed by atoms with Gasteiger partial charge in [0.15, 0.2) is 17.3 Å². The van der Waals surface area contributed by atoms with Crippen molar-refractivity contribution in [1.82, 2.24) is 19.6 Å². The van der Waals surface area contributed by atoms with Crippen LogP contribution < -0.4 is 20.5 Å². The third-order valence-corrected chi connectivity index (χ3v) is 7.41. The van der Waals surface area contributed by atoms with Gasteiger partial charge in [0.1, 0.15) is 6.04 Å². The average molecular weight is 535 g/mol. The smallest absolute Gasteiger partial charge is 0.271 e. The molecule has 10 nitrogen and oxygen atoms in total. The third-order valence-electron chi connectivity index (χ3n) is 7.41. The minimum Gasteiger partial charge on any atom is -0.453 e. The van der Waals surface area contributed by atoms with Gasteiger partial charge in [0.25, 0.3) is 11.5 Å². The maximum Gasteiger partial charge on any atom is 0.271 e. The van der Waals surface area contributed by atoms with E-state index < -0.39 is 17.2 Å². The molecule has 3 aromatic rings. The summed E-state index contributed by atoms with van der Waals surface area (Å²) in [5.41, 5.74) is -0.326. The van der Waals surface area contributed by atoms with E-state index in [9.17, 15) is 14.7 Å². The van der Waals surface area contributed by atoms with Gasteiger partial charge in [0, 0.05) is 31.4 Å². The number of nitrogens with zero attached hydrogens (tertiary/aromatic N) is 5. The molecule has 208 valence electrons. The molecule has 1 aliphatic carbocycles. The van der Waals surface area contributed by atoms with E-state index in [2.05, 4.69) is 20.4 Å². The van der Waals surface area contributed by atoms with Gasteiger partial charge >= 0.3 is 0 Å². The van der Waals surface area contributed by atoms with Crippen LogP contribution in [-0.2, 0) is 11.3 Å². The molecule has 0 bridgehead atoms. The van der Waals surface area contributed by atoms with Crippen LogP contribution in [0.1, 0.15) is 64.8 Å². The van der Waals surface area contributed by atoms with Gasteiger partial charge in [-0.15, -0.1) is 0 Å². The van der Waals surface area contributed by atoms with Gasteiger partial charge in [-0.25, -0.2) is 4.68 Å². The summed E-state index contributed by atoms with van der Waals surface area (Å²) in [5.74, 6) is 1.41. The fourth-order valence-electron chi connectivity index (χ4n) is 5.58. The Hall–Kier alpha value is -3.66. The van der Waals surface area contributed by atoms with Gasteiger partial charge in [-0.05, 0) is 51.2 Å². The van der Waals surface area contributed by atoms with Crippen molar-refractivity contribution in [2.45, 2.75) is 77.0 Å². The highest BCUT2D eigenvalue weighted by Crippen LogP contribution is 2.34. The summed E-state index contributed by atoms with van der Waals surface area (Å²) < 4.78 is 8.96. The van der Waals surface area contributed by atoms with E-state index in [4.69, 9.17) is 4.74 Å². The molecule has 2 fully saturated rings. The molecule has 1 atom stereocenters. The summed E-state index contributed by atoms with van der Waals surface area (Å²) in [7, 11) is 0. The lowest BCUT2D eigenvalue weighted by Gasteiger charge is -2.22. The molecule has 1 aromatic carbocycles. The second kappa shape index (κ2) is 11.6. The topological polar surface area (TPSA) is 115 Å². The van der Waals surface area contributed by atoms with Gasteiger partial charge in [-0.3, -0.25) is 14.3 Å². The Morgan fingerprint density at radius 1 is 1.15 bits per heavy atom. The highest BCUT2D eigenvalue weighted by molar-refractivity contribution is 5.92. The SMILES string of the molecule is CC(C)(O)Cn1ccc(NC(=O)C(CC2CCCC2)n2ncc(Oc3ccccc3N3CCCC3)cc2=O)n1. The van der Waals surface area contributed by atoms with E-state index >= 15 is 0 Å². The van der Waals surface area contributed by atoms with Gasteiger partial charge in [-0.2, -0.15) is 10.2 Å². The van der Waals surface area contributed by atoms with Crippen LogP contribution >= 0.6 is 0 Å². The number of aromatic nitrogens is 4. The molecule has 1 aliphatic heterocycles. The number of hydrogen-bond donors (Lipinski definition) is 2. The summed E-state index contributed by atoms with van der Waals surface area (Å²) in [6.45, 7) is 5.64. The first kappa shape index (κ1) is 26.9. The molecule has 39 heavy (non-hydrogen) atoms. The number of amides is 1. The number of aliphatic hydroxyl groups is 1. The largest absolute Gasteiger partial charge is 0.453 e. The molecule has 2 aromatic heterocycles. The van der Waals surface area contributed by atoms with Crippen molar-refractivity contribution in [3.05, 3.63) is 59.1 Å². The molecule has 0 spiro atoms. The lowest BCUT2D eigenvalue weighted by molar-refractivity contribution is -0.120. The van der Waals surface area contributed by atoms with Crippen molar-refractivity contribution in [1.29, 1.82) is 0 Å². The Morgan fingerprint density at radius 3 is 2.62 bits per heavy atom. The monoisotopic (exact) mass is 534 g/mol. The number of ether oxygens (including phenoxy) is 1.